The van der Waals surface area contributed by atoms with Gasteiger partial charge in [0.2, 0.25) is 5.91 Å². The van der Waals surface area contributed by atoms with Crippen LogP contribution in [0, 0.1) is 5.92 Å². The maximum atomic E-state index is 12.6. The Kier molecular flexibility index (Phi) is 21.6. The van der Waals surface area contributed by atoms with Crippen molar-refractivity contribution in [3.8, 4) is 11.1 Å². The summed E-state index contributed by atoms with van der Waals surface area (Å²) in [7, 11) is 0. The van der Waals surface area contributed by atoms with Gasteiger partial charge in [0.1, 0.15) is 13.2 Å². The summed E-state index contributed by atoms with van der Waals surface area (Å²) >= 11 is 0. The molecule has 330 valence electrons. The number of carbonyl (C=O) groups is 4. The first-order valence-corrected chi connectivity index (χ1v) is 21.0. The van der Waals surface area contributed by atoms with Gasteiger partial charge in [-0.3, -0.25) is 4.79 Å². The molecule has 2 aliphatic carbocycles. The number of amides is 3. The smallest absolute Gasteiger partial charge is 0.407 e. The number of rotatable bonds is 28. The van der Waals surface area contributed by atoms with Crippen molar-refractivity contribution in [2.24, 2.45) is 5.92 Å². The van der Waals surface area contributed by atoms with Crippen molar-refractivity contribution in [3.05, 3.63) is 84.0 Å². The lowest BCUT2D eigenvalue weighted by Gasteiger charge is -2.36. The van der Waals surface area contributed by atoms with Crippen LogP contribution < -0.4 is 16.0 Å². The van der Waals surface area contributed by atoms with Crippen molar-refractivity contribution in [2.75, 3.05) is 85.8 Å². The predicted octanol–water partition coefficient (Wildman–Crippen LogP) is 5.46. The molecule has 0 fully saturated rings. The van der Waals surface area contributed by atoms with E-state index in [0.29, 0.717) is 84.2 Å². The molecular weight excluding hydrogens is 775 g/mol. The highest BCUT2D eigenvalue weighted by Gasteiger charge is 2.36. The molecule has 15 nitrogen and oxygen atoms in total. The van der Waals surface area contributed by atoms with Crippen LogP contribution in [0.3, 0.4) is 0 Å². The summed E-state index contributed by atoms with van der Waals surface area (Å²) in [5.74, 6) is -0.709. The number of esters is 1. The van der Waals surface area contributed by atoms with E-state index in [0.717, 1.165) is 0 Å². The van der Waals surface area contributed by atoms with Crippen molar-refractivity contribution < 1.29 is 57.1 Å². The normalized spacial score (nSPS) is 17.4. The van der Waals surface area contributed by atoms with E-state index in [4.69, 9.17) is 37.9 Å². The van der Waals surface area contributed by atoms with Gasteiger partial charge in [0.15, 0.2) is 0 Å². The number of carbonyl (C=O) groups excluding carboxylic acids is 4. The van der Waals surface area contributed by atoms with E-state index in [1.165, 1.54) is 28.3 Å². The Morgan fingerprint density at radius 1 is 0.767 bits per heavy atom. The highest BCUT2D eigenvalue weighted by atomic mass is 16.6. The van der Waals surface area contributed by atoms with Crippen molar-refractivity contribution >= 4 is 24.1 Å². The lowest BCUT2D eigenvalue weighted by Crippen LogP contribution is -2.48. The Labute approximate surface area is 353 Å². The van der Waals surface area contributed by atoms with E-state index in [1.807, 2.05) is 38.1 Å². The quantitative estimate of drug-likeness (QED) is 0.0428. The maximum Gasteiger partial charge on any atom is 0.407 e. The SMILES string of the molecule is C=CCOC(=O)N[C@H]1CC(C(=O)OCC)=C[C@@H](OC(CC)CCNC(=O)CCOCCOCCOCCOCCNC(=O)OCC2c3ccccc3-c3ccccc32)C1C. The van der Waals surface area contributed by atoms with Crippen LogP contribution in [0.1, 0.15) is 63.5 Å². The maximum absolute atomic E-state index is 12.6. The Morgan fingerprint density at radius 2 is 1.38 bits per heavy atom. The average molecular weight is 838 g/mol. The standard InChI is InChI=1S/C45H63N3O12/c1-5-20-58-45(52)48-40-29-33(43(50)57-7-3)30-41(32(40)4)60-34(6-2)16-18-46-42(49)17-21-53-23-25-55-27-28-56-26-24-54-22-19-47-44(51)59-31-39-37-14-10-8-12-35(37)36-13-9-11-15-38(36)39/h5,8-15,30,32,34,39-41H,1,6-7,16-29,31H2,2-4H3,(H,46,49)(H,47,51)(H,48,52)/t32?,34?,40-,41+/m0/s1. The van der Waals surface area contributed by atoms with Gasteiger partial charge in [-0.05, 0) is 48.1 Å². The molecule has 0 aromatic heterocycles. The van der Waals surface area contributed by atoms with Crippen LogP contribution in [-0.4, -0.2) is 128 Å². The van der Waals surface area contributed by atoms with E-state index in [1.54, 1.807) is 13.0 Å². The molecule has 0 heterocycles. The van der Waals surface area contributed by atoms with E-state index in [9.17, 15) is 19.2 Å². The van der Waals surface area contributed by atoms with Crippen LogP contribution in [0.5, 0.6) is 0 Å². The molecule has 4 rings (SSSR count). The third-order valence-electron chi connectivity index (χ3n) is 10.2. The van der Waals surface area contributed by atoms with E-state index < -0.39 is 30.3 Å². The van der Waals surface area contributed by atoms with Crippen LogP contribution in [0.25, 0.3) is 11.1 Å². The van der Waals surface area contributed by atoms with Crippen LogP contribution >= 0.6 is 0 Å². The molecule has 0 aliphatic heterocycles. The van der Waals surface area contributed by atoms with Gasteiger partial charge in [0, 0.05) is 49.4 Å². The van der Waals surface area contributed by atoms with Gasteiger partial charge in [-0.25, -0.2) is 14.4 Å². The second-order valence-electron chi connectivity index (χ2n) is 14.3. The molecule has 0 bridgehead atoms. The lowest BCUT2D eigenvalue weighted by molar-refractivity contribution is -0.139. The predicted molar refractivity (Wildman–Crippen MR) is 225 cm³/mol. The Balaban J connectivity index is 0.960. The summed E-state index contributed by atoms with van der Waals surface area (Å²) in [6.45, 7) is 13.4. The largest absolute Gasteiger partial charge is 0.463 e. The molecule has 60 heavy (non-hydrogen) atoms. The number of fused-ring (bicyclic) bond motifs is 3. The van der Waals surface area contributed by atoms with Gasteiger partial charge in [-0.1, -0.05) is 75.0 Å². The van der Waals surface area contributed by atoms with Gasteiger partial charge in [0.05, 0.1) is 71.7 Å². The molecule has 0 spiro atoms. The Hall–Kier alpha value is -4.80. The lowest BCUT2D eigenvalue weighted by atomic mass is 9.83. The summed E-state index contributed by atoms with van der Waals surface area (Å²) in [5, 5.41) is 8.49. The van der Waals surface area contributed by atoms with Gasteiger partial charge >= 0.3 is 18.2 Å². The minimum Gasteiger partial charge on any atom is -0.463 e. The van der Waals surface area contributed by atoms with Crippen LogP contribution in [0.15, 0.2) is 72.8 Å². The van der Waals surface area contributed by atoms with Crippen molar-refractivity contribution in [1.82, 2.24) is 16.0 Å². The molecule has 2 aliphatic rings. The highest BCUT2D eigenvalue weighted by molar-refractivity contribution is 5.89. The summed E-state index contributed by atoms with van der Waals surface area (Å²) < 4.78 is 44.4. The number of alkyl carbamates (subject to hydrolysis) is 2. The average Bonchev–Trinajstić information content (AvgIpc) is 3.57. The van der Waals surface area contributed by atoms with Gasteiger partial charge in [-0.2, -0.15) is 0 Å². The molecule has 0 radical (unpaired) electrons. The fourth-order valence-electron chi connectivity index (χ4n) is 6.97. The van der Waals surface area contributed by atoms with Gasteiger partial charge < -0.3 is 53.8 Å². The number of benzene rings is 2. The summed E-state index contributed by atoms with van der Waals surface area (Å²) in [6.07, 6.45) is 3.31. The molecule has 3 N–H and O–H groups in total. The molecule has 15 heteroatoms. The summed E-state index contributed by atoms with van der Waals surface area (Å²) in [6, 6.07) is 16.0. The first-order valence-electron chi connectivity index (χ1n) is 21.0. The molecule has 3 amide bonds. The minimum absolute atomic E-state index is 0.0151. The molecule has 2 aromatic rings. The molecule has 0 saturated heterocycles. The second kappa shape index (κ2) is 27.1. The van der Waals surface area contributed by atoms with Crippen LogP contribution in [0.2, 0.25) is 0 Å². The van der Waals surface area contributed by atoms with Crippen LogP contribution in [-0.2, 0) is 47.5 Å². The second-order valence-corrected chi connectivity index (χ2v) is 14.3. The van der Waals surface area contributed by atoms with E-state index in [2.05, 4.69) is 46.8 Å². The highest BCUT2D eigenvalue weighted by Crippen LogP contribution is 2.44. The molecule has 2 unspecified atom stereocenters. The van der Waals surface area contributed by atoms with E-state index >= 15 is 0 Å². The first kappa shape index (κ1) is 47.9. The molecule has 0 saturated carbocycles. The fourth-order valence-corrected chi connectivity index (χ4v) is 6.97. The number of ether oxygens (including phenoxy) is 8. The zero-order chi connectivity index (χ0) is 43.0. The number of nitrogens with one attached hydrogen (secondary N) is 3. The fraction of sp³-hybridized carbons (Fsp3) is 0.556. The third kappa shape index (κ3) is 16.0. The molecule has 2 aromatic carbocycles. The monoisotopic (exact) mass is 837 g/mol. The number of hydrogen-bond acceptors (Lipinski definition) is 12. The summed E-state index contributed by atoms with van der Waals surface area (Å²) in [5.41, 5.74) is 5.15. The van der Waals surface area contributed by atoms with Crippen LogP contribution in [0.4, 0.5) is 9.59 Å². The Morgan fingerprint density at radius 3 is 2.00 bits per heavy atom. The molecular formula is C45H63N3O12. The zero-order valence-corrected chi connectivity index (χ0v) is 35.3. The van der Waals surface area contributed by atoms with Crippen molar-refractivity contribution in [1.29, 1.82) is 0 Å². The third-order valence-corrected chi connectivity index (χ3v) is 10.2. The zero-order valence-electron chi connectivity index (χ0n) is 35.3. The topological polar surface area (TPSA) is 178 Å². The van der Waals surface area contributed by atoms with E-state index in [-0.39, 0.29) is 56.7 Å². The number of hydrogen-bond donors (Lipinski definition) is 3. The van der Waals surface area contributed by atoms with Gasteiger partial charge in [-0.15, -0.1) is 0 Å². The first-order chi connectivity index (χ1) is 29.2. The molecule has 4 atom stereocenters. The van der Waals surface area contributed by atoms with Crippen molar-refractivity contribution in [3.63, 3.8) is 0 Å². The Bertz CT molecular complexity index is 1640. The summed E-state index contributed by atoms with van der Waals surface area (Å²) in [4.78, 5) is 49.6. The van der Waals surface area contributed by atoms with Gasteiger partial charge in [0.25, 0.3) is 0 Å². The minimum atomic E-state index is -0.594. The van der Waals surface area contributed by atoms with Crippen molar-refractivity contribution in [2.45, 2.75) is 70.6 Å².